The summed E-state index contributed by atoms with van der Waals surface area (Å²) >= 11 is 0. The van der Waals surface area contributed by atoms with Crippen molar-refractivity contribution in [1.29, 1.82) is 0 Å². The summed E-state index contributed by atoms with van der Waals surface area (Å²) < 4.78 is 22.5. The first-order valence-corrected chi connectivity index (χ1v) is 9.83. The van der Waals surface area contributed by atoms with Crippen LogP contribution in [0.1, 0.15) is 11.1 Å². The Morgan fingerprint density at radius 2 is 1.62 bits per heavy atom. The van der Waals surface area contributed by atoms with Crippen LogP contribution in [0.2, 0.25) is 0 Å². The highest BCUT2D eigenvalue weighted by atomic mass is 32.2. The quantitative estimate of drug-likeness (QED) is 0.700. The minimum atomic E-state index is -3.68. The van der Waals surface area contributed by atoms with Crippen molar-refractivity contribution in [2.45, 2.75) is 17.7 Å². The zero-order valence-electron chi connectivity index (χ0n) is 14.2. The van der Waals surface area contributed by atoms with Gasteiger partial charge in [0, 0.05) is 6.54 Å². The second-order valence-corrected chi connectivity index (χ2v) is 7.67. The fourth-order valence-electron chi connectivity index (χ4n) is 2.87. The molecule has 3 aromatic carbocycles. The Bertz CT molecular complexity index is 1020. The standard InChI is InChI=1S/C20H20N2O3S/c21-26(24,25)18-10-8-15(9-11-18)12-13-22-20(23)14-17-6-3-5-16-4-1-2-7-19(16)17/h1-11H,12-14H2,(H,22,23)(H2,21,24,25). The van der Waals surface area contributed by atoms with Crippen LogP contribution in [0, 0.1) is 0 Å². The van der Waals surface area contributed by atoms with Gasteiger partial charge in [0.15, 0.2) is 0 Å². The highest BCUT2D eigenvalue weighted by Crippen LogP contribution is 2.18. The summed E-state index contributed by atoms with van der Waals surface area (Å²) in [6.45, 7) is 0.484. The highest BCUT2D eigenvalue weighted by Gasteiger charge is 2.08. The number of fused-ring (bicyclic) bond motifs is 1. The van der Waals surface area contributed by atoms with Crippen LogP contribution < -0.4 is 10.5 Å². The number of nitrogens with one attached hydrogen (secondary N) is 1. The van der Waals surface area contributed by atoms with E-state index in [1.54, 1.807) is 12.1 Å². The number of rotatable bonds is 6. The van der Waals surface area contributed by atoms with Crippen molar-refractivity contribution in [3.05, 3.63) is 77.9 Å². The lowest BCUT2D eigenvalue weighted by Crippen LogP contribution is -2.27. The summed E-state index contributed by atoms with van der Waals surface area (Å²) in [7, 11) is -3.68. The van der Waals surface area contributed by atoms with Crippen LogP contribution in [0.3, 0.4) is 0 Å². The average molecular weight is 368 g/mol. The normalized spacial score (nSPS) is 11.4. The van der Waals surface area contributed by atoms with Crippen LogP contribution in [0.4, 0.5) is 0 Å². The number of carbonyl (C=O) groups is 1. The molecule has 6 heteroatoms. The molecule has 3 N–H and O–H groups in total. The van der Waals surface area contributed by atoms with Gasteiger partial charge in [-0.15, -0.1) is 0 Å². The third kappa shape index (κ3) is 4.47. The molecule has 0 fully saturated rings. The van der Waals surface area contributed by atoms with Gasteiger partial charge in [0.05, 0.1) is 11.3 Å². The number of sulfonamides is 1. The lowest BCUT2D eigenvalue weighted by Gasteiger charge is -2.08. The van der Waals surface area contributed by atoms with E-state index in [1.165, 1.54) is 12.1 Å². The van der Waals surface area contributed by atoms with Crippen molar-refractivity contribution < 1.29 is 13.2 Å². The largest absolute Gasteiger partial charge is 0.355 e. The summed E-state index contributed by atoms with van der Waals surface area (Å²) in [6.07, 6.45) is 0.942. The molecule has 0 saturated carbocycles. The first-order chi connectivity index (χ1) is 12.4. The van der Waals surface area contributed by atoms with E-state index in [2.05, 4.69) is 5.32 Å². The average Bonchev–Trinajstić information content (AvgIpc) is 2.62. The van der Waals surface area contributed by atoms with E-state index in [-0.39, 0.29) is 10.8 Å². The van der Waals surface area contributed by atoms with E-state index in [0.29, 0.717) is 19.4 Å². The van der Waals surface area contributed by atoms with Crippen LogP contribution in [0.5, 0.6) is 0 Å². The van der Waals surface area contributed by atoms with Crippen LogP contribution in [0.15, 0.2) is 71.6 Å². The maximum atomic E-state index is 12.2. The molecular weight excluding hydrogens is 348 g/mol. The second kappa shape index (κ2) is 7.68. The molecule has 0 radical (unpaired) electrons. The third-order valence-electron chi connectivity index (χ3n) is 4.22. The summed E-state index contributed by atoms with van der Waals surface area (Å²) in [5, 5.41) is 10.2. The van der Waals surface area contributed by atoms with Gasteiger partial charge in [-0.2, -0.15) is 0 Å². The number of amides is 1. The van der Waals surface area contributed by atoms with E-state index in [9.17, 15) is 13.2 Å². The molecule has 0 spiro atoms. The molecule has 0 bridgehead atoms. The van der Waals surface area contributed by atoms with Gasteiger partial charge >= 0.3 is 0 Å². The Kier molecular flexibility index (Phi) is 5.35. The Labute approximate surface area is 152 Å². The lowest BCUT2D eigenvalue weighted by molar-refractivity contribution is -0.120. The smallest absolute Gasteiger partial charge is 0.238 e. The van der Waals surface area contributed by atoms with Crippen molar-refractivity contribution >= 4 is 26.7 Å². The molecule has 1 amide bonds. The van der Waals surface area contributed by atoms with Gasteiger partial charge in [-0.25, -0.2) is 13.6 Å². The molecule has 0 aliphatic carbocycles. The molecule has 0 aliphatic heterocycles. The fourth-order valence-corrected chi connectivity index (χ4v) is 3.39. The monoisotopic (exact) mass is 368 g/mol. The minimum absolute atomic E-state index is 0.0393. The third-order valence-corrected chi connectivity index (χ3v) is 5.15. The van der Waals surface area contributed by atoms with Crippen LogP contribution in [-0.4, -0.2) is 20.9 Å². The van der Waals surface area contributed by atoms with Gasteiger partial charge in [-0.1, -0.05) is 54.6 Å². The molecule has 0 unspecified atom stereocenters. The van der Waals surface area contributed by atoms with E-state index in [0.717, 1.165) is 21.9 Å². The Balaban J connectivity index is 1.56. The van der Waals surface area contributed by atoms with Gasteiger partial charge in [-0.05, 0) is 40.5 Å². The molecule has 0 aromatic heterocycles. The fraction of sp³-hybridized carbons (Fsp3) is 0.150. The second-order valence-electron chi connectivity index (χ2n) is 6.10. The van der Waals surface area contributed by atoms with Crippen LogP contribution in [0.25, 0.3) is 10.8 Å². The summed E-state index contributed by atoms with van der Waals surface area (Å²) in [5.41, 5.74) is 1.93. The Morgan fingerprint density at radius 3 is 2.35 bits per heavy atom. The maximum Gasteiger partial charge on any atom is 0.238 e. The number of benzene rings is 3. The molecule has 3 aromatic rings. The van der Waals surface area contributed by atoms with Crippen LogP contribution >= 0.6 is 0 Å². The number of nitrogens with two attached hydrogens (primary N) is 1. The zero-order valence-corrected chi connectivity index (χ0v) is 15.0. The predicted octanol–water partition coefficient (Wildman–Crippen LogP) is 2.39. The number of hydrogen-bond donors (Lipinski definition) is 2. The van der Waals surface area contributed by atoms with Gasteiger partial charge < -0.3 is 5.32 Å². The first-order valence-electron chi connectivity index (χ1n) is 8.28. The van der Waals surface area contributed by atoms with Crippen molar-refractivity contribution in [3.63, 3.8) is 0 Å². The molecule has 26 heavy (non-hydrogen) atoms. The summed E-state index contributed by atoms with van der Waals surface area (Å²) in [6, 6.07) is 20.3. The van der Waals surface area contributed by atoms with E-state index < -0.39 is 10.0 Å². The molecule has 3 rings (SSSR count). The molecule has 134 valence electrons. The number of primary sulfonamides is 1. The summed E-state index contributed by atoms with van der Waals surface area (Å²) in [4.78, 5) is 12.3. The van der Waals surface area contributed by atoms with Gasteiger partial charge in [0.2, 0.25) is 15.9 Å². The molecule has 0 atom stereocenters. The maximum absolute atomic E-state index is 12.2. The molecule has 0 saturated heterocycles. The Hall–Kier alpha value is -2.70. The number of carbonyl (C=O) groups excluding carboxylic acids is 1. The predicted molar refractivity (Wildman–Crippen MR) is 102 cm³/mol. The van der Waals surface area contributed by atoms with Crippen molar-refractivity contribution in [1.82, 2.24) is 5.32 Å². The highest BCUT2D eigenvalue weighted by molar-refractivity contribution is 7.89. The van der Waals surface area contributed by atoms with Crippen molar-refractivity contribution in [2.75, 3.05) is 6.54 Å². The molecular formula is C20H20N2O3S. The summed E-state index contributed by atoms with van der Waals surface area (Å²) in [5.74, 6) is -0.0393. The van der Waals surface area contributed by atoms with Crippen molar-refractivity contribution in [2.24, 2.45) is 5.14 Å². The topological polar surface area (TPSA) is 89.3 Å². The van der Waals surface area contributed by atoms with Crippen LogP contribution in [-0.2, 0) is 27.7 Å². The van der Waals surface area contributed by atoms with E-state index in [1.807, 2.05) is 42.5 Å². The number of hydrogen-bond acceptors (Lipinski definition) is 3. The van der Waals surface area contributed by atoms with Crippen molar-refractivity contribution in [3.8, 4) is 0 Å². The van der Waals surface area contributed by atoms with Gasteiger partial charge in [0.25, 0.3) is 0 Å². The lowest BCUT2D eigenvalue weighted by atomic mass is 10.0. The molecule has 0 heterocycles. The zero-order chi connectivity index (χ0) is 18.6. The minimum Gasteiger partial charge on any atom is -0.355 e. The van der Waals surface area contributed by atoms with E-state index in [4.69, 9.17) is 5.14 Å². The first kappa shape index (κ1) is 18.1. The molecule has 0 aliphatic rings. The molecule has 5 nitrogen and oxygen atoms in total. The SMILES string of the molecule is NS(=O)(=O)c1ccc(CCNC(=O)Cc2cccc3ccccc23)cc1. The van der Waals surface area contributed by atoms with Gasteiger partial charge in [-0.3, -0.25) is 4.79 Å². The van der Waals surface area contributed by atoms with Gasteiger partial charge in [0.1, 0.15) is 0 Å². The Morgan fingerprint density at radius 1 is 0.923 bits per heavy atom. The van der Waals surface area contributed by atoms with E-state index >= 15 is 0 Å².